The van der Waals surface area contributed by atoms with Crippen LogP contribution in [0, 0.1) is 6.92 Å². The van der Waals surface area contributed by atoms with Gasteiger partial charge in [0.2, 0.25) is 0 Å². The molecule has 66 valence electrons. The third-order valence-corrected chi connectivity index (χ3v) is 2.51. The zero-order valence-electron chi connectivity index (χ0n) is 7.31. The molecule has 0 bridgehead atoms. The molecule has 0 aliphatic rings. The Morgan fingerprint density at radius 2 is 1.92 bits per heavy atom. The van der Waals surface area contributed by atoms with Crippen molar-refractivity contribution >= 4 is 10.1 Å². The maximum atomic E-state index is 10.5. The summed E-state index contributed by atoms with van der Waals surface area (Å²) in [5, 5.41) is 9.06. The van der Waals surface area contributed by atoms with E-state index in [0.717, 1.165) is 6.07 Å². The van der Waals surface area contributed by atoms with E-state index in [9.17, 15) is 13.0 Å². The van der Waals surface area contributed by atoms with Crippen molar-refractivity contribution in [3.05, 3.63) is 23.8 Å². The summed E-state index contributed by atoms with van der Waals surface area (Å²) >= 11 is 0. The molecule has 0 radical (unpaired) electrons. The Morgan fingerprint density at radius 3 is 2.31 bits per heavy atom. The molecule has 0 saturated heterocycles. The van der Waals surface area contributed by atoms with E-state index in [-0.39, 0.29) is 35.1 Å². The van der Waals surface area contributed by atoms with Gasteiger partial charge in [-0.15, -0.1) is 0 Å². The van der Waals surface area contributed by atoms with Gasteiger partial charge >= 0.3 is 18.9 Å². The second-order valence-electron chi connectivity index (χ2n) is 2.35. The van der Waals surface area contributed by atoms with Gasteiger partial charge < -0.3 is 9.66 Å². The van der Waals surface area contributed by atoms with E-state index in [4.69, 9.17) is 5.11 Å². The van der Waals surface area contributed by atoms with Gasteiger partial charge in [-0.25, -0.2) is 8.42 Å². The van der Waals surface area contributed by atoms with Crippen LogP contribution in [-0.2, 0) is 10.1 Å². The van der Waals surface area contributed by atoms with Crippen LogP contribution in [0.3, 0.4) is 0 Å². The molecule has 0 aliphatic heterocycles. The van der Waals surface area contributed by atoms with E-state index in [0.29, 0.717) is 0 Å². The number of benzene rings is 1. The number of rotatable bonds is 1. The summed E-state index contributed by atoms with van der Waals surface area (Å²) < 4.78 is 31.6. The van der Waals surface area contributed by atoms with Crippen molar-refractivity contribution in [1.82, 2.24) is 0 Å². The molecule has 13 heavy (non-hydrogen) atoms. The van der Waals surface area contributed by atoms with Crippen molar-refractivity contribution in [1.29, 1.82) is 0 Å². The van der Waals surface area contributed by atoms with Crippen LogP contribution in [0.2, 0.25) is 0 Å². The number of hydrogen-bond acceptors (Lipinski definition) is 4. The SMILES string of the molecule is Cc1c(O)cccc1S(=O)(=O)[O-].[Li+]. The zero-order valence-corrected chi connectivity index (χ0v) is 8.13. The summed E-state index contributed by atoms with van der Waals surface area (Å²) in [4.78, 5) is -0.373. The van der Waals surface area contributed by atoms with E-state index in [1.165, 1.54) is 19.1 Å². The van der Waals surface area contributed by atoms with Gasteiger partial charge in [0.1, 0.15) is 15.9 Å². The topological polar surface area (TPSA) is 77.4 Å². The van der Waals surface area contributed by atoms with E-state index in [2.05, 4.69) is 0 Å². The third kappa shape index (κ3) is 2.74. The second kappa shape index (κ2) is 4.16. The van der Waals surface area contributed by atoms with Crippen molar-refractivity contribution in [2.75, 3.05) is 0 Å². The first kappa shape index (κ1) is 12.5. The van der Waals surface area contributed by atoms with Crippen molar-refractivity contribution < 1.29 is 36.9 Å². The zero-order chi connectivity index (χ0) is 9.35. The van der Waals surface area contributed by atoms with Crippen molar-refractivity contribution in [3.8, 4) is 5.75 Å². The summed E-state index contributed by atoms with van der Waals surface area (Å²) in [6, 6.07) is 3.80. The number of aromatic hydroxyl groups is 1. The minimum absolute atomic E-state index is 0. The summed E-state index contributed by atoms with van der Waals surface area (Å²) in [5.74, 6) is -0.188. The van der Waals surface area contributed by atoms with Crippen molar-refractivity contribution in [3.63, 3.8) is 0 Å². The van der Waals surface area contributed by atoms with E-state index < -0.39 is 10.1 Å². The van der Waals surface area contributed by atoms with Crippen LogP contribution in [0.1, 0.15) is 5.56 Å². The quantitative estimate of drug-likeness (QED) is 0.399. The monoisotopic (exact) mass is 194 g/mol. The fraction of sp³-hybridized carbons (Fsp3) is 0.143. The summed E-state index contributed by atoms with van der Waals surface area (Å²) in [6.07, 6.45) is 0. The Bertz CT molecular complexity index is 399. The Morgan fingerprint density at radius 1 is 1.38 bits per heavy atom. The fourth-order valence-electron chi connectivity index (χ4n) is 0.874. The van der Waals surface area contributed by atoms with Gasteiger partial charge in [-0.05, 0) is 19.1 Å². The third-order valence-electron chi connectivity index (χ3n) is 1.52. The first-order valence-electron chi connectivity index (χ1n) is 3.17. The van der Waals surface area contributed by atoms with Crippen LogP contribution in [-0.4, -0.2) is 18.1 Å². The second-order valence-corrected chi connectivity index (χ2v) is 3.70. The minimum atomic E-state index is -4.47. The summed E-state index contributed by atoms with van der Waals surface area (Å²) in [6.45, 7) is 1.38. The first-order chi connectivity index (χ1) is 5.43. The van der Waals surface area contributed by atoms with Gasteiger partial charge in [0.15, 0.2) is 0 Å². The Hall–Kier alpha value is -0.473. The molecule has 0 unspecified atom stereocenters. The van der Waals surface area contributed by atoms with Crippen molar-refractivity contribution in [2.45, 2.75) is 11.8 Å². The maximum Gasteiger partial charge on any atom is 1.00 e. The molecular weight excluding hydrogens is 187 g/mol. The molecule has 0 aliphatic carbocycles. The van der Waals surface area contributed by atoms with Gasteiger partial charge in [0.25, 0.3) is 0 Å². The van der Waals surface area contributed by atoms with E-state index in [1.807, 2.05) is 0 Å². The van der Waals surface area contributed by atoms with Crippen molar-refractivity contribution in [2.24, 2.45) is 0 Å². The summed E-state index contributed by atoms with van der Waals surface area (Å²) in [5.41, 5.74) is 0.0903. The maximum absolute atomic E-state index is 10.5. The largest absolute Gasteiger partial charge is 1.00 e. The predicted molar refractivity (Wildman–Crippen MR) is 40.8 cm³/mol. The standard InChI is InChI=1S/C7H8O4S.Li/c1-5-6(8)3-2-4-7(5)12(9,10)11;/h2-4,8H,1H3,(H,9,10,11);/q;+1/p-1. The molecule has 1 rings (SSSR count). The molecule has 0 saturated carbocycles. The number of hydrogen-bond donors (Lipinski definition) is 1. The van der Waals surface area contributed by atoms with Crippen LogP contribution in [0.5, 0.6) is 5.75 Å². The van der Waals surface area contributed by atoms with Gasteiger partial charge in [-0.3, -0.25) is 0 Å². The normalized spacial score (nSPS) is 10.6. The average Bonchev–Trinajstić information content (AvgIpc) is 1.92. The summed E-state index contributed by atoms with van der Waals surface area (Å²) in [7, 11) is -4.47. The van der Waals surface area contributed by atoms with Crippen LogP contribution < -0.4 is 18.9 Å². The fourth-order valence-corrected chi connectivity index (χ4v) is 1.60. The number of phenols is 1. The average molecular weight is 194 g/mol. The number of phenolic OH excluding ortho intramolecular Hbond substituents is 1. The molecule has 1 aromatic carbocycles. The van der Waals surface area contributed by atoms with E-state index in [1.54, 1.807) is 0 Å². The van der Waals surface area contributed by atoms with Crippen LogP contribution in [0.25, 0.3) is 0 Å². The van der Waals surface area contributed by atoms with Gasteiger partial charge in [0.05, 0.1) is 4.90 Å². The Kier molecular flexibility index (Phi) is 4.01. The van der Waals surface area contributed by atoms with Crippen LogP contribution in [0.4, 0.5) is 0 Å². The van der Waals surface area contributed by atoms with Gasteiger partial charge in [-0.2, -0.15) is 0 Å². The molecule has 1 N–H and O–H groups in total. The molecule has 0 heterocycles. The van der Waals surface area contributed by atoms with Gasteiger partial charge in [0, 0.05) is 5.56 Å². The molecule has 0 atom stereocenters. The van der Waals surface area contributed by atoms with Crippen LogP contribution >= 0.6 is 0 Å². The van der Waals surface area contributed by atoms with Gasteiger partial charge in [-0.1, -0.05) is 6.07 Å². The molecule has 0 amide bonds. The molecule has 1 aromatic rings. The molecule has 0 spiro atoms. The molecule has 6 heteroatoms. The first-order valence-corrected chi connectivity index (χ1v) is 4.58. The minimum Gasteiger partial charge on any atom is -0.744 e. The molecule has 0 aromatic heterocycles. The van der Waals surface area contributed by atoms with Crippen LogP contribution in [0.15, 0.2) is 23.1 Å². The smallest absolute Gasteiger partial charge is 0.744 e. The Labute approximate surface area is 88.5 Å². The molecular formula is C7H7LiO4S. The predicted octanol–water partition coefficient (Wildman–Crippen LogP) is -2.39. The van der Waals surface area contributed by atoms with E-state index >= 15 is 0 Å². The molecule has 0 fully saturated rings. The Balaban J connectivity index is 0.00000144. The molecule has 4 nitrogen and oxygen atoms in total.